The first-order chi connectivity index (χ1) is 10.6. The normalized spacial score (nSPS) is 21.4. The summed E-state index contributed by atoms with van der Waals surface area (Å²) in [6.45, 7) is 5.85. The van der Waals surface area contributed by atoms with E-state index in [2.05, 4.69) is 41.7 Å². The lowest BCUT2D eigenvalue weighted by Gasteiger charge is -2.14. The maximum Gasteiger partial charge on any atom is 0.257 e. The highest BCUT2D eigenvalue weighted by atomic mass is 16.5. The van der Waals surface area contributed by atoms with Crippen molar-refractivity contribution in [3.8, 4) is 0 Å². The Morgan fingerprint density at radius 1 is 1.41 bits per heavy atom. The highest BCUT2D eigenvalue weighted by Gasteiger charge is 2.42. The number of aromatic nitrogens is 1. The second kappa shape index (κ2) is 5.95. The average molecular weight is 298 g/mol. The molecule has 3 atom stereocenters. The lowest BCUT2D eigenvalue weighted by atomic mass is 10.1. The average Bonchev–Trinajstić information content (AvgIpc) is 3.24. The number of nitrogens with zero attached hydrogens (tertiary/aromatic N) is 1. The molecule has 0 unspecified atom stereocenters. The number of carbonyl (C=O) groups excluding carboxylic acids is 1. The molecular weight excluding hydrogens is 276 g/mol. The molecule has 1 heterocycles. The lowest BCUT2D eigenvalue weighted by Crippen LogP contribution is -2.35. The smallest absolute Gasteiger partial charge is 0.257 e. The van der Waals surface area contributed by atoms with Gasteiger partial charge in [0.25, 0.3) is 5.91 Å². The van der Waals surface area contributed by atoms with Crippen molar-refractivity contribution in [3.05, 3.63) is 52.9 Å². The molecule has 116 valence electrons. The van der Waals surface area contributed by atoms with Crippen LogP contribution in [0.2, 0.25) is 0 Å². The van der Waals surface area contributed by atoms with E-state index in [0.29, 0.717) is 29.6 Å². The molecule has 0 bridgehead atoms. The Hall–Kier alpha value is -2.10. The summed E-state index contributed by atoms with van der Waals surface area (Å²) in [5.74, 6) is 1.60. The zero-order valence-electron chi connectivity index (χ0n) is 13.3. The molecule has 1 aliphatic rings. The molecule has 4 nitrogen and oxygen atoms in total. The third-order valence-corrected chi connectivity index (χ3v) is 4.56. The van der Waals surface area contributed by atoms with Crippen molar-refractivity contribution in [2.24, 2.45) is 5.92 Å². The third kappa shape index (κ3) is 2.78. The van der Waals surface area contributed by atoms with Gasteiger partial charge in [-0.25, -0.2) is 0 Å². The molecule has 1 saturated carbocycles. The Morgan fingerprint density at radius 3 is 2.82 bits per heavy atom. The summed E-state index contributed by atoms with van der Waals surface area (Å²) in [7, 11) is 0. The standard InChI is InChI=1S/C18H22N2O2/c1-4-16-17(12(3)22-20-16)18(21)19-11(2)14-10-15(14)13-8-6-5-7-9-13/h5-9,11,14-15H,4,10H2,1-3H3,(H,19,21)/t11-,14-,15+/m1/s1. The van der Waals surface area contributed by atoms with Gasteiger partial charge in [0, 0.05) is 6.04 Å². The Labute approximate surface area is 130 Å². The van der Waals surface area contributed by atoms with Crippen LogP contribution in [0.4, 0.5) is 0 Å². The first-order valence-corrected chi connectivity index (χ1v) is 7.92. The molecule has 0 radical (unpaired) electrons. The Kier molecular flexibility index (Phi) is 4.01. The van der Waals surface area contributed by atoms with Crippen molar-refractivity contribution < 1.29 is 9.32 Å². The minimum absolute atomic E-state index is 0.0678. The largest absolute Gasteiger partial charge is 0.361 e. The molecule has 0 saturated heterocycles. The molecule has 0 aliphatic heterocycles. The number of nitrogens with one attached hydrogen (secondary N) is 1. The van der Waals surface area contributed by atoms with Crippen LogP contribution in [0, 0.1) is 12.8 Å². The van der Waals surface area contributed by atoms with E-state index in [9.17, 15) is 4.79 Å². The van der Waals surface area contributed by atoms with Crippen LogP contribution in [0.5, 0.6) is 0 Å². The fraction of sp³-hybridized carbons (Fsp3) is 0.444. The lowest BCUT2D eigenvalue weighted by molar-refractivity contribution is 0.0933. The van der Waals surface area contributed by atoms with Gasteiger partial charge in [-0.3, -0.25) is 4.79 Å². The van der Waals surface area contributed by atoms with Gasteiger partial charge in [0.15, 0.2) is 0 Å². The molecule has 0 spiro atoms. The van der Waals surface area contributed by atoms with E-state index in [1.807, 2.05) is 13.0 Å². The van der Waals surface area contributed by atoms with E-state index >= 15 is 0 Å². The Balaban J connectivity index is 1.64. The van der Waals surface area contributed by atoms with Gasteiger partial charge >= 0.3 is 0 Å². The number of hydrogen-bond acceptors (Lipinski definition) is 3. The number of hydrogen-bond donors (Lipinski definition) is 1. The quantitative estimate of drug-likeness (QED) is 0.919. The van der Waals surface area contributed by atoms with Crippen LogP contribution in [0.25, 0.3) is 0 Å². The van der Waals surface area contributed by atoms with Gasteiger partial charge in [0.05, 0.1) is 5.69 Å². The van der Waals surface area contributed by atoms with Crippen molar-refractivity contribution in [2.45, 2.75) is 45.6 Å². The number of aryl methyl sites for hydroxylation is 2. The van der Waals surface area contributed by atoms with E-state index in [4.69, 9.17) is 4.52 Å². The van der Waals surface area contributed by atoms with Crippen LogP contribution < -0.4 is 5.32 Å². The van der Waals surface area contributed by atoms with Crippen LogP contribution in [-0.2, 0) is 6.42 Å². The predicted molar refractivity (Wildman–Crippen MR) is 84.8 cm³/mol. The molecule has 1 N–H and O–H groups in total. The summed E-state index contributed by atoms with van der Waals surface area (Å²) < 4.78 is 5.14. The van der Waals surface area contributed by atoms with E-state index < -0.39 is 0 Å². The zero-order valence-corrected chi connectivity index (χ0v) is 13.3. The fourth-order valence-corrected chi connectivity index (χ4v) is 3.19. The van der Waals surface area contributed by atoms with Crippen LogP contribution in [-0.4, -0.2) is 17.1 Å². The number of carbonyl (C=O) groups is 1. The van der Waals surface area contributed by atoms with Crippen LogP contribution in [0.15, 0.2) is 34.9 Å². The fourth-order valence-electron chi connectivity index (χ4n) is 3.19. The summed E-state index contributed by atoms with van der Waals surface area (Å²) >= 11 is 0. The van der Waals surface area contributed by atoms with E-state index in [0.717, 1.165) is 12.1 Å². The summed E-state index contributed by atoms with van der Waals surface area (Å²) in [6.07, 6.45) is 1.83. The molecule has 22 heavy (non-hydrogen) atoms. The SMILES string of the molecule is CCc1noc(C)c1C(=O)N[C@H](C)[C@H]1C[C@H]1c1ccccc1. The second-order valence-electron chi connectivity index (χ2n) is 6.09. The monoisotopic (exact) mass is 298 g/mol. The molecule has 1 aliphatic carbocycles. The van der Waals surface area contributed by atoms with Gasteiger partial charge in [-0.05, 0) is 44.1 Å². The molecular formula is C18H22N2O2. The maximum atomic E-state index is 12.5. The van der Waals surface area contributed by atoms with Crippen LogP contribution >= 0.6 is 0 Å². The van der Waals surface area contributed by atoms with Gasteiger partial charge in [0.1, 0.15) is 11.3 Å². The van der Waals surface area contributed by atoms with E-state index in [1.165, 1.54) is 5.56 Å². The van der Waals surface area contributed by atoms with Crippen molar-refractivity contribution in [1.29, 1.82) is 0 Å². The molecule has 2 aromatic rings. The van der Waals surface area contributed by atoms with Crippen molar-refractivity contribution in [3.63, 3.8) is 0 Å². The van der Waals surface area contributed by atoms with Crippen LogP contribution in [0.3, 0.4) is 0 Å². The summed E-state index contributed by atoms with van der Waals surface area (Å²) in [4.78, 5) is 12.5. The third-order valence-electron chi connectivity index (χ3n) is 4.56. The van der Waals surface area contributed by atoms with Gasteiger partial charge in [0.2, 0.25) is 0 Å². The number of amides is 1. The van der Waals surface area contributed by atoms with Crippen molar-refractivity contribution >= 4 is 5.91 Å². The van der Waals surface area contributed by atoms with Gasteiger partial charge in [-0.1, -0.05) is 42.4 Å². The minimum Gasteiger partial charge on any atom is -0.361 e. The van der Waals surface area contributed by atoms with Gasteiger partial charge in [-0.15, -0.1) is 0 Å². The molecule has 1 aromatic carbocycles. The van der Waals surface area contributed by atoms with E-state index in [-0.39, 0.29) is 11.9 Å². The molecule has 1 amide bonds. The predicted octanol–water partition coefficient (Wildman–Crippen LogP) is 3.47. The minimum atomic E-state index is -0.0678. The molecule has 4 heteroatoms. The molecule has 1 fully saturated rings. The Bertz CT molecular complexity index is 663. The number of rotatable bonds is 5. The topological polar surface area (TPSA) is 55.1 Å². The highest BCUT2D eigenvalue weighted by molar-refractivity contribution is 5.96. The number of benzene rings is 1. The van der Waals surface area contributed by atoms with Crippen molar-refractivity contribution in [2.75, 3.05) is 0 Å². The van der Waals surface area contributed by atoms with E-state index in [1.54, 1.807) is 6.92 Å². The molecule has 3 rings (SSSR count). The molecule has 1 aromatic heterocycles. The second-order valence-corrected chi connectivity index (χ2v) is 6.09. The maximum absolute atomic E-state index is 12.5. The Morgan fingerprint density at radius 2 is 2.14 bits per heavy atom. The summed E-state index contributed by atoms with van der Waals surface area (Å²) in [5.41, 5.74) is 2.70. The first-order valence-electron chi connectivity index (χ1n) is 7.92. The highest BCUT2D eigenvalue weighted by Crippen LogP contribution is 2.49. The summed E-state index contributed by atoms with van der Waals surface area (Å²) in [6, 6.07) is 10.7. The van der Waals surface area contributed by atoms with Crippen molar-refractivity contribution in [1.82, 2.24) is 10.5 Å². The van der Waals surface area contributed by atoms with Crippen LogP contribution in [0.1, 0.15) is 53.6 Å². The zero-order chi connectivity index (χ0) is 15.7. The first kappa shape index (κ1) is 14.8. The van der Waals surface area contributed by atoms with Gasteiger partial charge in [-0.2, -0.15) is 0 Å². The summed E-state index contributed by atoms with van der Waals surface area (Å²) in [5, 5.41) is 7.07. The van der Waals surface area contributed by atoms with Gasteiger partial charge < -0.3 is 9.84 Å².